The fourth-order valence-corrected chi connectivity index (χ4v) is 3.55. The first kappa shape index (κ1) is 29.1. The molecule has 0 saturated carbocycles. The van der Waals surface area contributed by atoms with Crippen molar-refractivity contribution in [1.82, 2.24) is 4.98 Å². The quantitative estimate of drug-likeness (QED) is 0.166. The van der Waals surface area contributed by atoms with Crippen LogP contribution in [0.15, 0.2) is 18.2 Å². The first-order valence-electron chi connectivity index (χ1n) is 12.8. The van der Waals surface area contributed by atoms with Gasteiger partial charge in [-0.25, -0.2) is 14.6 Å². The van der Waals surface area contributed by atoms with Crippen LogP contribution >= 0.6 is 0 Å². The van der Waals surface area contributed by atoms with Gasteiger partial charge in [-0.15, -0.1) is 0 Å². The highest BCUT2D eigenvalue weighted by molar-refractivity contribution is 5.91. The van der Waals surface area contributed by atoms with Gasteiger partial charge in [0.15, 0.2) is 0 Å². The Balaban J connectivity index is 2.25. The Hall–Kier alpha value is -1.95. The monoisotopic (exact) mass is 463 g/mol. The fraction of sp³-hybridized carbons (Fsp3) is 0.741. The zero-order valence-corrected chi connectivity index (χ0v) is 21.3. The fourth-order valence-electron chi connectivity index (χ4n) is 3.55. The van der Waals surface area contributed by atoms with Crippen LogP contribution in [0.1, 0.15) is 119 Å². The van der Waals surface area contributed by atoms with Gasteiger partial charge < -0.3 is 14.2 Å². The van der Waals surface area contributed by atoms with Crippen molar-refractivity contribution in [2.24, 2.45) is 5.92 Å². The lowest BCUT2D eigenvalue weighted by Crippen LogP contribution is -2.24. The first-order chi connectivity index (χ1) is 16.0. The van der Waals surface area contributed by atoms with Crippen LogP contribution < -0.4 is 0 Å². The average molecular weight is 464 g/mol. The van der Waals surface area contributed by atoms with E-state index >= 15 is 0 Å². The van der Waals surface area contributed by atoms with E-state index < -0.39 is 11.9 Å². The molecule has 1 rings (SSSR count). The van der Waals surface area contributed by atoms with Crippen molar-refractivity contribution in [2.45, 2.75) is 104 Å². The molecule has 188 valence electrons. The van der Waals surface area contributed by atoms with Gasteiger partial charge in [-0.2, -0.15) is 0 Å². The lowest BCUT2D eigenvalue weighted by Gasteiger charge is -2.19. The van der Waals surface area contributed by atoms with Crippen LogP contribution in [0.3, 0.4) is 0 Å². The number of carbonyl (C=O) groups is 2. The summed E-state index contributed by atoms with van der Waals surface area (Å²) in [5, 5.41) is 0. The molecule has 0 spiro atoms. The van der Waals surface area contributed by atoms with E-state index in [1.54, 1.807) is 25.3 Å². The van der Waals surface area contributed by atoms with Gasteiger partial charge in [-0.1, -0.05) is 84.1 Å². The summed E-state index contributed by atoms with van der Waals surface area (Å²) in [6.45, 7) is 7.09. The van der Waals surface area contributed by atoms with Crippen LogP contribution in [0.2, 0.25) is 0 Å². The van der Waals surface area contributed by atoms with E-state index in [4.69, 9.17) is 14.2 Å². The molecule has 1 aromatic heterocycles. The Labute approximate surface area is 200 Å². The molecular formula is C27H45NO5. The minimum Gasteiger partial charge on any atom is -0.461 e. The molecule has 0 aliphatic rings. The number of methoxy groups -OCH3 is 1. The van der Waals surface area contributed by atoms with Crippen molar-refractivity contribution in [2.75, 3.05) is 20.3 Å². The number of nitrogens with zero attached hydrogens (tertiary/aromatic N) is 1. The number of rotatable bonds is 19. The van der Waals surface area contributed by atoms with Gasteiger partial charge in [-0.05, 0) is 37.8 Å². The third kappa shape index (κ3) is 13.4. The maximum absolute atomic E-state index is 12.4. The topological polar surface area (TPSA) is 74.7 Å². The Kier molecular flexibility index (Phi) is 16.3. The van der Waals surface area contributed by atoms with Crippen molar-refractivity contribution in [3.8, 4) is 0 Å². The third-order valence-corrected chi connectivity index (χ3v) is 6.02. The number of hydrogen-bond acceptors (Lipinski definition) is 6. The summed E-state index contributed by atoms with van der Waals surface area (Å²) in [4.78, 5) is 28.9. The molecule has 0 aliphatic heterocycles. The van der Waals surface area contributed by atoms with Gasteiger partial charge in [0, 0.05) is 13.7 Å². The van der Waals surface area contributed by atoms with Crippen LogP contribution in [0, 0.1) is 5.92 Å². The van der Waals surface area contributed by atoms with E-state index in [9.17, 15) is 9.59 Å². The molecule has 33 heavy (non-hydrogen) atoms. The lowest BCUT2D eigenvalue weighted by atomic mass is 10.0. The Bertz CT molecular complexity index is 664. The Morgan fingerprint density at radius 3 is 1.94 bits per heavy atom. The van der Waals surface area contributed by atoms with E-state index in [1.807, 2.05) is 13.8 Å². The maximum Gasteiger partial charge on any atom is 0.357 e. The summed E-state index contributed by atoms with van der Waals surface area (Å²) in [5.74, 6) is -0.877. The van der Waals surface area contributed by atoms with E-state index in [2.05, 4.69) is 11.9 Å². The highest BCUT2D eigenvalue weighted by Crippen LogP contribution is 2.14. The zero-order valence-electron chi connectivity index (χ0n) is 21.3. The molecule has 1 aromatic rings. The smallest absolute Gasteiger partial charge is 0.357 e. The molecule has 0 radical (unpaired) electrons. The van der Waals surface area contributed by atoms with Gasteiger partial charge in [0.05, 0.1) is 6.61 Å². The lowest BCUT2D eigenvalue weighted by molar-refractivity contribution is 0.0167. The summed E-state index contributed by atoms with van der Waals surface area (Å²) in [7, 11) is 1.65. The summed E-state index contributed by atoms with van der Waals surface area (Å²) in [6.07, 6.45) is 14.2. The summed E-state index contributed by atoms with van der Waals surface area (Å²) < 4.78 is 15.9. The Morgan fingerprint density at radius 2 is 1.36 bits per heavy atom. The molecule has 0 aromatic carbocycles. The molecule has 0 bridgehead atoms. The van der Waals surface area contributed by atoms with Crippen LogP contribution in [0.25, 0.3) is 0 Å². The number of pyridine rings is 1. The van der Waals surface area contributed by atoms with E-state index in [-0.39, 0.29) is 23.4 Å². The van der Waals surface area contributed by atoms with E-state index in [1.165, 1.54) is 57.8 Å². The molecule has 0 N–H and O–H groups in total. The number of carbonyl (C=O) groups excluding carboxylic acids is 2. The van der Waals surface area contributed by atoms with Gasteiger partial charge in [0.1, 0.15) is 17.5 Å². The van der Waals surface area contributed by atoms with Gasteiger partial charge in [0.2, 0.25) is 0 Å². The molecule has 6 heteroatoms. The number of esters is 2. The molecule has 1 heterocycles. The van der Waals surface area contributed by atoms with Crippen LogP contribution in [0.5, 0.6) is 0 Å². The standard InChI is InChI=1S/C27H45NO5/c1-5-6-7-8-9-10-11-12-13-14-15-20-32-26(29)24-17-16-18-25(28-24)27(30)33-23(3)22(2)19-21-31-4/h16-18,22-23H,5-15,19-21H2,1-4H3. The molecular weight excluding hydrogens is 418 g/mol. The van der Waals surface area contributed by atoms with E-state index in [0.717, 1.165) is 19.3 Å². The van der Waals surface area contributed by atoms with Crippen molar-refractivity contribution in [3.63, 3.8) is 0 Å². The largest absolute Gasteiger partial charge is 0.461 e. The third-order valence-electron chi connectivity index (χ3n) is 6.02. The SMILES string of the molecule is CCCCCCCCCCCCCOC(=O)c1cccc(C(=O)OC(C)C(C)CCOC)n1. The number of ether oxygens (including phenoxy) is 3. The van der Waals surface area contributed by atoms with Crippen molar-refractivity contribution >= 4 is 11.9 Å². The number of aromatic nitrogens is 1. The highest BCUT2D eigenvalue weighted by atomic mass is 16.5. The molecule has 0 saturated heterocycles. The number of unbranched alkanes of at least 4 members (excludes halogenated alkanes) is 10. The van der Waals surface area contributed by atoms with Gasteiger partial charge in [-0.3, -0.25) is 0 Å². The second-order valence-electron chi connectivity index (χ2n) is 8.95. The molecule has 2 unspecified atom stereocenters. The maximum atomic E-state index is 12.4. The van der Waals surface area contributed by atoms with Crippen LogP contribution in [-0.2, 0) is 14.2 Å². The summed E-state index contributed by atoms with van der Waals surface area (Å²) >= 11 is 0. The second-order valence-corrected chi connectivity index (χ2v) is 8.95. The minimum atomic E-state index is -0.535. The van der Waals surface area contributed by atoms with Gasteiger partial charge >= 0.3 is 11.9 Å². The molecule has 0 aliphatic carbocycles. The predicted octanol–water partition coefficient (Wildman–Crippen LogP) is 6.77. The van der Waals surface area contributed by atoms with E-state index in [0.29, 0.717) is 13.2 Å². The highest BCUT2D eigenvalue weighted by Gasteiger charge is 2.20. The summed E-state index contributed by atoms with van der Waals surface area (Å²) in [6, 6.07) is 4.74. The zero-order chi connectivity index (χ0) is 24.3. The molecule has 2 atom stereocenters. The normalized spacial score (nSPS) is 12.8. The Morgan fingerprint density at radius 1 is 0.818 bits per heavy atom. The van der Waals surface area contributed by atoms with Crippen LogP contribution in [0.4, 0.5) is 0 Å². The summed E-state index contributed by atoms with van der Waals surface area (Å²) in [5.41, 5.74) is 0.248. The molecule has 6 nitrogen and oxygen atoms in total. The van der Waals surface area contributed by atoms with Crippen molar-refractivity contribution in [3.05, 3.63) is 29.6 Å². The molecule has 0 fully saturated rings. The predicted molar refractivity (Wildman–Crippen MR) is 132 cm³/mol. The molecule has 0 amide bonds. The van der Waals surface area contributed by atoms with Crippen LogP contribution in [-0.4, -0.2) is 43.4 Å². The average Bonchev–Trinajstić information content (AvgIpc) is 2.83. The number of hydrogen-bond donors (Lipinski definition) is 0. The van der Waals surface area contributed by atoms with Crippen molar-refractivity contribution in [1.29, 1.82) is 0 Å². The first-order valence-corrected chi connectivity index (χ1v) is 12.8. The van der Waals surface area contributed by atoms with Crippen molar-refractivity contribution < 1.29 is 23.8 Å². The second kappa shape index (κ2) is 18.5. The minimum absolute atomic E-state index is 0.116. The van der Waals surface area contributed by atoms with Gasteiger partial charge in [0.25, 0.3) is 0 Å².